The molecule has 0 aromatic heterocycles. The lowest BCUT2D eigenvalue weighted by Gasteiger charge is -2.26. The first kappa shape index (κ1) is 17.0. The van der Waals surface area contributed by atoms with Crippen LogP contribution in [0.2, 0.25) is 0 Å². The van der Waals surface area contributed by atoms with Crippen molar-refractivity contribution in [1.82, 2.24) is 5.32 Å². The fraction of sp³-hybridized carbons (Fsp3) is 0.615. The van der Waals surface area contributed by atoms with E-state index in [1.807, 2.05) is 6.07 Å². The number of amides is 1. The van der Waals surface area contributed by atoms with Gasteiger partial charge >= 0.3 is 12.1 Å². The largest absolute Gasteiger partial charge is 0.479 e. The molecule has 0 aromatic rings. The van der Waals surface area contributed by atoms with Crippen molar-refractivity contribution < 1.29 is 19.4 Å². The van der Waals surface area contributed by atoms with Gasteiger partial charge in [0, 0.05) is 6.42 Å². The molecule has 0 bridgehead atoms. The molecular formula is C13H20N2O4. The Morgan fingerprint density at radius 1 is 1.37 bits per heavy atom. The van der Waals surface area contributed by atoms with Crippen molar-refractivity contribution in [3.8, 4) is 6.07 Å². The van der Waals surface area contributed by atoms with E-state index in [0.717, 1.165) is 0 Å². The number of allylic oxidation sites excluding steroid dienone is 1. The average Bonchev–Trinajstić information content (AvgIpc) is 2.21. The molecule has 6 nitrogen and oxygen atoms in total. The molecule has 1 atom stereocenters. The SMILES string of the molecule is CC(C)(C)OC(=O)N[C@@](C)(C=CCCC#N)C(=O)O. The summed E-state index contributed by atoms with van der Waals surface area (Å²) in [5.41, 5.74) is -2.26. The van der Waals surface area contributed by atoms with E-state index in [2.05, 4.69) is 5.32 Å². The number of aliphatic carboxylic acids is 1. The summed E-state index contributed by atoms with van der Waals surface area (Å²) in [5.74, 6) is -1.20. The summed E-state index contributed by atoms with van der Waals surface area (Å²) in [5, 5.41) is 19.8. The summed E-state index contributed by atoms with van der Waals surface area (Å²) < 4.78 is 5.01. The molecule has 2 N–H and O–H groups in total. The van der Waals surface area contributed by atoms with E-state index in [1.54, 1.807) is 26.8 Å². The highest BCUT2D eigenvalue weighted by atomic mass is 16.6. The van der Waals surface area contributed by atoms with Gasteiger partial charge in [-0.15, -0.1) is 0 Å². The minimum absolute atomic E-state index is 0.290. The third-order valence-corrected chi connectivity index (χ3v) is 2.08. The number of nitrogens with zero attached hydrogens (tertiary/aromatic N) is 1. The molecule has 0 unspecified atom stereocenters. The lowest BCUT2D eigenvalue weighted by atomic mass is 10.0. The van der Waals surface area contributed by atoms with E-state index in [1.165, 1.54) is 13.0 Å². The van der Waals surface area contributed by atoms with E-state index < -0.39 is 23.2 Å². The summed E-state index contributed by atoms with van der Waals surface area (Å²) in [6, 6.07) is 1.94. The third kappa shape index (κ3) is 7.09. The number of carboxylic acid groups (broad SMARTS) is 1. The van der Waals surface area contributed by atoms with E-state index in [0.29, 0.717) is 12.8 Å². The van der Waals surface area contributed by atoms with Crippen LogP contribution in [0.3, 0.4) is 0 Å². The van der Waals surface area contributed by atoms with Gasteiger partial charge in [-0.1, -0.05) is 12.2 Å². The van der Waals surface area contributed by atoms with Gasteiger partial charge in [0.15, 0.2) is 5.54 Å². The van der Waals surface area contributed by atoms with Gasteiger partial charge in [-0.2, -0.15) is 5.26 Å². The van der Waals surface area contributed by atoms with Crippen molar-refractivity contribution in [2.75, 3.05) is 0 Å². The zero-order valence-corrected chi connectivity index (χ0v) is 11.7. The fourth-order valence-electron chi connectivity index (χ4n) is 1.15. The second kappa shape index (κ2) is 6.78. The molecule has 19 heavy (non-hydrogen) atoms. The maximum atomic E-state index is 11.6. The number of carbonyl (C=O) groups excluding carboxylic acids is 1. The Bertz CT molecular complexity index is 404. The number of hydrogen-bond acceptors (Lipinski definition) is 4. The first-order chi connectivity index (χ1) is 8.60. The fourth-order valence-corrected chi connectivity index (χ4v) is 1.15. The molecule has 1 amide bonds. The van der Waals surface area contributed by atoms with E-state index in [-0.39, 0.29) is 0 Å². The number of unbranched alkanes of at least 4 members (excludes halogenated alkanes) is 1. The summed E-state index contributed by atoms with van der Waals surface area (Å²) in [7, 11) is 0. The Morgan fingerprint density at radius 3 is 2.37 bits per heavy atom. The van der Waals surface area contributed by atoms with Crippen LogP contribution < -0.4 is 5.32 Å². The summed E-state index contributed by atoms with van der Waals surface area (Å²) in [4.78, 5) is 22.8. The van der Waals surface area contributed by atoms with Crippen LogP contribution in [0.4, 0.5) is 4.79 Å². The Hall–Kier alpha value is -2.03. The molecule has 6 heteroatoms. The number of hydrogen-bond donors (Lipinski definition) is 2. The monoisotopic (exact) mass is 268 g/mol. The summed E-state index contributed by atoms with van der Waals surface area (Å²) in [6.45, 7) is 6.41. The predicted octanol–water partition coefficient (Wildman–Crippen LogP) is 2.21. The molecule has 0 aliphatic heterocycles. The maximum Gasteiger partial charge on any atom is 0.408 e. The molecule has 0 rings (SSSR count). The Labute approximate surface area is 113 Å². The quantitative estimate of drug-likeness (QED) is 0.588. The highest BCUT2D eigenvalue weighted by Crippen LogP contribution is 2.12. The topological polar surface area (TPSA) is 99.4 Å². The molecule has 0 heterocycles. The second-order valence-corrected chi connectivity index (χ2v) is 5.23. The standard InChI is InChI=1S/C13H20N2O4/c1-12(2,3)19-11(18)15-13(4,10(16)17)8-6-5-7-9-14/h6,8H,5,7H2,1-4H3,(H,15,18)(H,16,17)/t13-/m0/s1. The first-order valence-corrected chi connectivity index (χ1v) is 5.90. The lowest BCUT2D eigenvalue weighted by Crippen LogP contribution is -2.52. The van der Waals surface area contributed by atoms with Crippen molar-refractivity contribution in [3.05, 3.63) is 12.2 Å². The van der Waals surface area contributed by atoms with E-state index >= 15 is 0 Å². The van der Waals surface area contributed by atoms with Crippen LogP contribution in [0.25, 0.3) is 0 Å². The zero-order chi connectivity index (χ0) is 15.1. The molecule has 0 saturated heterocycles. The number of nitrogens with one attached hydrogen (secondary N) is 1. The van der Waals surface area contributed by atoms with Crippen molar-refractivity contribution >= 4 is 12.1 Å². The highest BCUT2D eigenvalue weighted by molar-refractivity contribution is 5.86. The van der Waals surface area contributed by atoms with Crippen LogP contribution >= 0.6 is 0 Å². The Morgan fingerprint density at radius 2 is 1.95 bits per heavy atom. The number of nitriles is 1. The van der Waals surface area contributed by atoms with Crippen LogP contribution in [0, 0.1) is 11.3 Å². The third-order valence-electron chi connectivity index (χ3n) is 2.08. The second-order valence-electron chi connectivity index (χ2n) is 5.23. The first-order valence-electron chi connectivity index (χ1n) is 5.90. The minimum Gasteiger partial charge on any atom is -0.479 e. The highest BCUT2D eigenvalue weighted by Gasteiger charge is 2.33. The molecule has 0 saturated carbocycles. The van der Waals surface area contributed by atoms with Gasteiger partial charge in [0.2, 0.25) is 0 Å². The van der Waals surface area contributed by atoms with Crippen LogP contribution in [0.1, 0.15) is 40.5 Å². The van der Waals surface area contributed by atoms with Crippen LogP contribution in [-0.2, 0) is 9.53 Å². The number of rotatable bonds is 5. The van der Waals surface area contributed by atoms with Gasteiger partial charge < -0.3 is 15.2 Å². The van der Waals surface area contributed by atoms with E-state index in [4.69, 9.17) is 15.1 Å². The van der Waals surface area contributed by atoms with Crippen LogP contribution in [-0.4, -0.2) is 28.3 Å². The normalized spacial score (nSPS) is 14.5. The van der Waals surface area contributed by atoms with Gasteiger partial charge in [-0.25, -0.2) is 9.59 Å². The number of alkyl carbamates (subject to hydrolysis) is 1. The van der Waals surface area contributed by atoms with Crippen molar-refractivity contribution in [1.29, 1.82) is 5.26 Å². The maximum absolute atomic E-state index is 11.6. The number of carbonyl (C=O) groups is 2. The lowest BCUT2D eigenvalue weighted by molar-refractivity contribution is -0.142. The van der Waals surface area contributed by atoms with Crippen LogP contribution in [0.15, 0.2) is 12.2 Å². The van der Waals surface area contributed by atoms with Gasteiger partial charge in [0.25, 0.3) is 0 Å². The van der Waals surface area contributed by atoms with Gasteiger partial charge in [0.05, 0.1) is 6.07 Å². The van der Waals surface area contributed by atoms with Crippen molar-refractivity contribution in [3.63, 3.8) is 0 Å². The molecule has 0 fully saturated rings. The summed E-state index contributed by atoms with van der Waals surface area (Å²) >= 11 is 0. The zero-order valence-electron chi connectivity index (χ0n) is 11.7. The summed E-state index contributed by atoms with van der Waals surface area (Å²) in [6.07, 6.45) is 2.81. The average molecular weight is 268 g/mol. The van der Waals surface area contributed by atoms with Crippen molar-refractivity contribution in [2.45, 2.75) is 51.7 Å². The van der Waals surface area contributed by atoms with Gasteiger partial charge in [-0.05, 0) is 34.1 Å². The minimum atomic E-state index is -1.56. The number of carboxylic acids is 1. The Kier molecular flexibility index (Phi) is 6.06. The Balaban J connectivity index is 4.73. The molecule has 0 aliphatic rings. The van der Waals surface area contributed by atoms with Crippen molar-refractivity contribution in [2.24, 2.45) is 0 Å². The molecule has 0 aliphatic carbocycles. The number of ether oxygens (including phenoxy) is 1. The van der Waals surface area contributed by atoms with Gasteiger partial charge in [-0.3, -0.25) is 0 Å². The van der Waals surface area contributed by atoms with E-state index in [9.17, 15) is 9.59 Å². The molecular weight excluding hydrogens is 248 g/mol. The molecule has 106 valence electrons. The molecule has 0 aromatic carbocycles. The molecule has 0 radical (unpaired) electrons. The molecule has 0 spiro atoms. The smallest absolute Gasteiger partial charge is 0.408 e. The van der Waals surface area contributed by atoms with Gasteiger partial charge in [0.1, 0.15) is 5.60 Å². The van der Waals surface area contributed by atoms with Crippen LogP contribution in [0.5, 0.6) is 0 Å². The predicted molar refractivity (Wildman–Crippen MR) is 69.4 cm³/mol.